The topological polar surface area (TPSA) is 100 Å². The van der Waals surface area contributed by atoms with E-state index < -0.39 is 10.9 Å². The van der Waals surface area contributed by atoms with E-state index in [2.05, 4.69) is 27.6 Å². The third-order valence-electron chi connectivity index (χ3n) is 4.85. The molecular formula is C24H16ClIN2O6. The second-order valence-corrected chi connectivity index (χ2v) is 8.62. The molecule has 3 aromatic rings. The minimum atomic E-state index is -0.664. The van der Waals surface area contributed by atoms with Gasteiger partial charge in [0.2, 0.25) is 5.90 Å². The number of nitro benzene ring substituents is 1. The largest absolute Gasteiger partial charge is 0.493 e. The van der Waals surface area contributed by atoms with Crippen molar-refractivity contribution in [2.75, 3.05) is 7.11 Å². The van der Waals surface area contributed by atoms with Gasteiger partial charge in [0.05, 0.1) is 22.6 Å². The lowest BCUT2D eigenvalue weighted by molar-refractivity contribution is -0.384. The van der Waals surface area contributed by atoms with Gasteiger partial charge in [-0.1, -0.05) is 35.9 Å². The van der Waals surface area contributed by atoms with E-state index in [0.717, 1.165) is 9.13 Å². The summed E-state index contributed by atoms with van der Waals surface area (Å²) in [7, 11) is 1.53. The van der Waals surface area contributed by atoms with Crippen LogP contribution in [-0.2, 0) is 16.1 Å². The van der Waals surface area contributed by atoms with Crippen LogP contribution in [-0.4, -0.2) is 23.9 Å². The Hall–Kier alpha value is -3.44. The minimum Gasteiger partial charge on any atom is -0.493 e. The second-order valence-electron chi connectivity index (χ2n) is 7.05. The molecule has 0 bridgehead atoms. The molecule has 0 aliphatic carbocycles. The third-order valence-corrected chi connectivity index (χ3v) is 6.21. The Morgan fingerprint density at radius 3 is 2.65 bits per heavy atom. The van der Waals surface area contributed by atoms with Gasteiger partial charge in [-0.15, -0.1) is 0 Å². The molecular weight excluding hydrogens is 575 g/mol. The van der Waals surface area contributed by atoms with Crippen LogP contribution in [0.25, 0.3) is 6.08 Å². The molecule has 10 heteroatoms. The number of methoxy groups -OCH3 is 1. The summed E-state index contributed by atoms with van der Waals surface area (Å²) >= 11 is 8.38. The second kappa shape index (κ2) is 10.2. The first-order chi connectivity index (χ1) is 16.4. The number of ether oxygens (including phenoxy) is 3. The predicted octanol–water partition coefficient (Wildman–Crippen LogP) is 5.78. The molecule has 1 heterocycles. The number of cyclic esters (lactones) is 1. The molecule has 0 spiro atoms. The predicted molar refractivity (Wildman–Crippen MR) is 135 cm³/mol. The summed E-state index contributed by atoms with van der Waals surface area (Å²) in [6.45, 7) is 0.381. The first kappa shape index (κ1) is 23.7. The van der Waals surface area contributed by atoms with Gasteiger partial charge in [0, 0.05) is 21.3 Å². The molecule has 0 unspecified atom stereocenters. The zero-order valence-electron chi connectivity index (χ0n) is 17.7. The monoisotopic (exact) mass is 590 g/mol. The Morgan fingerprint density at radius 1 is 1.15 bits per heavy atom. The highest BCUT2D eigenvalue weighted by atomic mass is 127. The van der Waals surface area contributed by atoms with E-state index in [1.54, 1.807) is 24.3 Å². The summed E-state index contributed by atoms with van der Waals surface area (Å²) < 4.78 is 17.7. The Kier molecular flexibility index (Phi) is 7.13. The molecule has 0 N–H and O–H groups in total. The lowest BCUT2D eigenvalue weighted by atomic mass is 10.1. The molecule has 172 valence electrons. The number of nitrogens with zero attached hydrogens (tertiary/aromatic N) is 2. The average molecular weight is 591 g/mol. The number of aliphatic imine (C=N–C) groups is 1. The highest BCUT2D eigenvalue weighted by Crippen LogP contribution is 2.31. The van der Waals surface area contributed by atoms with Crippen LogP contribution in [0.15, 0.2) is 71.4 Å². The molecule has 0 saturated heterocycles. The molecule has 0 radical (unpaired) electrons. The quantitative estimate of drug-likeness (QED) is 0.114. The van der Waals surface area contributed by atoms with Crippen LogP contribution in [0, 0.1) is 13.7 Å². The smallest absolute Gasteiger partial charge is 0.363 e. The molecule has 3 aromatic carbocycles. The molecule has 8 nitrogen and oxygen atoms in total. The number of carbonyl (C=O) groups excluding carboxylic acids is 1. The van der Waals surface area contributed by atoms with Crippen LogP contribution >= 0.6 is 34.2 Å². The first-order valence-electron chi connectivity index (χ1n) is 9.87. The van der Waals surface area contributed by atoms with Crippen molar-refractivity contribution in [3.05, 3.63) is 102 Å². The third kappa shape index (κ3) is 5.20. The standard InChI is InChI=1S/C24H16ClIN2O6/c1-32-22-11-14(6-9-21(22)33-13-15-4-2-3-5-19(15)26)10-20-24(29)34-23(27-20)17-8-7-16(28(30)31)12-18(17)25/h2-12H,13H2,1H3/b20-10-. The number of hydrogen-bond donors (Lipinski definition) is 0. The lowest BCUT2D eigenvalue weighted by Gasteiger charge is -2.12. The van der Waals surface area contributed by atoms with Gasteiger partial charge in [-0.2, -0.15) is 0 Å². The van der Waals surface area contributed by atoms with Crippen molar-refractivity contribution in [3.8, 4) is 11.5 Å². The van der Waals surface area contributed by atoms with Gasteiger partial charge in [-0.3, -0.25) is 10.1 Å². The molecule has 0 atom stereocenters. The van der Waals surface area contributed by atoms with Crippen molar-refractivity contribution in [2.45, 2.75) is 6.61 Å². The fraction of sp³-hybridized carbons (Fsp3) is 0.0833. The van der Waals surface area contributed by atoms with Crippen molar-refractivity contribution in [1.29, 1.82) is 0 Å². The molecule has 0 amide bonds. The molecule has 0 saturated carbocycles. The number of benzene rings is 3. The number of halogens is 2. The highest BCUT2D eigenvalue weighted by Gasteiger charge is 2.26. The van der Waals surface area contributed by atoms with Crippen LogP contribution in [0.5, 0.6) is 11.5 Å². The van der Waals surface area contributed by atoms with Crippen LogP contribution in [0.3, 0.4) is 0 Å². The minimum absolute atomic E-state index is 0.0273. The maximum Gasteiger partial charge on any atom is 0.363 e. The zero-order chi connectivity index (χ0) is 24.2. The van der Waals surface area contributed by atoms with Crippen LogP contribution in [0.4, 0.5) is 5.69 Å². The SMILES string of the molecule is COc1cc(/C=C2\N=C(c3ccc([N+](=O)[O-])cc3Cl)OC2=O)ccc1OCc1ccccc1I. The maximum atomic E-state index is 12.3. The van der Waals surface area contributed by atoms with Gasteiger partial charge < -0.3 is 14.2 Å². The van der Waals surface area contributed by atoms with E-state index in [1.807, 2.05) is 24.3 Å². The van der Waals surface area contributed by atoms with Gasteiger partial charge in [0.1, 0.15) is 6.61 Å². The average Bonchev–Trinajstić information content (AvgIpc) is 3.18. The highest BCUT2D eigenvalue weighted by molar-refractivity contribution is 14.1. The van der Waals surface area contributed by atoms with E-state index in [1.165, 1.54) is 25.3 Å². The maximum absolute atomic E-state index is 12.3. The number of esters is 1. The Bertz CT molecular complexity index is 1360. The molecule has 34 heavy (non-hydrogen) atoms. The Balaban J connectivity index is 1.56. The number of nitro groups is 1. The molecule has 1 aliphatic rings. The normalized spacial score (nSPS) is 14.0. The summed E-state index contributed by atoms with van der Waals surface area (Å²) in [6, 6.07) is 17.0. The van der Waals surface area contributed by atoms with Crippen molar-refractivity contribution in [3.63, 3.8) is 0 Å². The number of hydrogen-bond acceptors (Lipinski definition) is 7. The lowest BCUT2D eigenvalue weighted by Crippen LogP contribution is -2.06. The van der Waals surface area contributed by atoms with Crippen LogP contribution in [0.1, 0.15) is 16.7 Å². The van der Waals surface area contributed by atoms with E-state index in [9.17, 15) is 14.9 Å². The molecule has 1 aliphatic heterocycles. The zero-order valence-corrected chi connectivity index (χ0v) is 20.6. The molecule has 0 aromatic heterocycles. The van der Waals surface area contributed by atoms with Crippen LogP contribution < -0.4 is 9.47 Å². The number of rotatable bonds is 7. The van der Waals surface area contributed by atoms with Gasteiger partial charge in [-0.05, 0) is 58.5 Å². The summed E-state index contributed by atoms with van der Waals surface area (Å²) in [4.78, 5) is 26.9. The fourth-order valence-electron chi connectivity index (χ4n) is 3.14. The van der Waals surface area contributed by atoms with Gasteiger partial charge in [0.25, 0.3) is 5.69 Å². The molecule has 4 rings (SSSR count). The van der Waals surface area contributed by atoms with Gasteiger partial charge in [-0.25, -0.2) is 9.79 Å². The van der Waals surface area contributed by atoms with Crippen molar-refractivity contribution in [2.24, 2.45) is 4.99 Å². The number of non-ortho nitro benzene ring substituents is 1. The fourth-order valence-corrected chi connectivity index (χ4v) is 3.94. The van der Waals surface area contributed by atoms with Crippen LogP contribution in [0.2, 0.25) is 5.02 Å². The summed E-state index contributed by atoms with van der Waals surface area (Å²) in [5, 5.41) is 11.0. The summed E-state index contributed by atoms with van der Waals surface area (Å²) in [5.74, 6) is 0.359. The van der Waals surface area contributed by atoms with Crippen molar-refractivity contribution in [1.82, 2.24) is 0 Å². The van der Waals surface area contributed by atoms with E-state index in [-0.39, 0.29) is 27.9 Å². The van der Waals surface area contributed by atoms with Gasteiger partial charge in [0.15, 0.2) is 17.2 Å². The van der Waals surface area contributed by atoms with Crippen molar-refractivity contribution >= 4 is 57.8 Å². The summed E-state index contributed by atoms with van der Waals surface area (Å²) in [6.07, 6.45) is 1.54. The van der Waals surface area contributed by atoms with E-state index in [4.69, 9.17) is 25.8 Å². The Labute approximate surface area is 213 Å². The molecule has 0 fully saturated rings. The van der Waals surface area contributed by atoms with Gasteiger partial charge >= 0.3 is 5.97 Å². The van der Waals surface area contributed by atoms with Crippen molar-refractivity contribution < 1.29 is 23.9 Å². The number of carbonyl (C=O) groups is 1. The Morgan fingerprint density at radius 2 is 1.94 bits per heavy atom. The van der Waals surface area contributed by atoms with E-state index in [0.29, 0.717) is 23.7 Å². The first-order valence-corrected chi connectivity index (χ1v) is 11.3. The summed E-state index contributed by atoms with van der Waals surface area (Å²) in [5.41, 5.74) is 1.85. The van der Waals surface area contributed by atoms with E-state index >= 15 is 0 Å².